The van der Waals surface area contributed by atoms with Crippen molar-refractivity contribution in [2.24, 2.45) is 5.92 Å². The lowest BCUT2D eigenvalue weighted by Gasteiger charge is -2.36. The van der Waals surface area contributed by atoms with Gasteiger partial charge in [0.15, 0.2) is 0 Å². The molecule has 0 bridgehead atoms. The topological polar surface area (TPSA) is 60.9 Å². The van der Waals surface area contributed by atoms with E-state index in [0.29, 0.717) is 45.6 Å². The Labute approximate surface area is 148 Å². The molecule has 2 saturated heterocycles. The van der Waals surface area contributed by atoms with Gasteiger partial charge in [0.25, 0.3) is 0 Å². The monoisotopic (exact) mass is 343 g/mol. The quantitative estimate of drug-likeness (QED) is 0.811. The SMILES string of the molecule is Cc1ccc(CC(=O)N2CCN(C(=O)C3CC(=O)N(C)C3)CC2)cc1. The van der Waals surface area contributed by atoms with Gasteiger partial charge in [0.1, 0.15) is 0 Å². The van der Waals surface area contributed by atoms with Gasteiger partial charge in [-0.25, -0.2) is 0 Å². The van der Waals surface area contributed by atoms with Crippen LogP contribution in [0.15, 0.2) is 24.3 Å². The summed E-state index contributed by atoms with van der Waals surface area (Å²) in [5.41, 5.74) is 2.20. The molecule has 1 atom stereocenters. The predicted molar refractivity (Wildman–Crippen MR) is 93.8 cm³/mol. The molecule has 25 heavy (non-hydrogen) atoms. The Morgan fingerprint density at radius 2 is 1.64 bits per heavy atom. The molecule has 0 saturated carbocycles. The molecule has 6 heteroatoms. The van der Waals surface area contributed by atoms with Gasteiger partial charge in [-0.05, 0) is 12.5 Å². The Bertz CT molecular complexity index is 663. The van der Waals surface area contributed by atoms with E-state index in [1.807, 2.05) is 36.1 Å². The largest absolute Gasteiger partial charge is 0.345 e. The number of hydrogen-bond acceptors (Lipinski definition) is 3. The summed E-state index contributed by atoms with van der Waals surface area (Å²) >= 11 is 0. The lowest BCUT2D eigenvalue weighted by atomic mass is 10.1. The zero-order valence-corrected chi connectivity index (χ0v) is 14.9. The maximum Gasteiger partial charge on any atom is 0.228 e. The third-order valence-electron chi connectivity index (χ3n) is 5.11. The van der Waals surface area contributed by atoms with Crippen molar-refractivity contribution in [1.82, 2.24) is 14.7 Å². The summed E-state index contributed by atoms with van der Waals surface area (Å²) in [7, 11) is 1.73. The average molecular weight is 343 g/mol. The second-order valence-electron chi connectivity index (χ2n) is 7.04. The summed E-state index contributed by atoms with van der Waals surface area (Å²) in [4.78, 5) is 41.8. The Hall–Kier alpha value is -2.37. The molecule has 0 radical (unpaired) electrons. The molecule has 0 spiro atoms. The number of rotatable bonds is 3. The molecule has 1 aromatic rings. The average Bonchev–Trinajstić information content (AvgIpc) is 2.95. The maximum atomic E-state index is 12.5. The van der Waals surface area contributed by atoms with Crippen LogP contribution in [-0.4, -0.2) is 72.2 Å². The first-order valence-electron chi connectivity index (χ1n) is 8.80. The standard InChI is InChI=1S/C19H25N3O3/c1-14-3-5-15(6-4-14)11-18(24)21-7-9-22(10-8-21)19(25)16-12-17(23)20(2)13-16/h3-6,16H,7-13H2,1-2H3. The highest BCUT2D eigenvalue weighted by atomic mass is 16.2. The molecule has 3 amide bonds. The number of likely N-dealkylation sites (tertiary alicyclic amines) is 1. The number of benzene rings is 1. The Morgan fingerprint density at radius 1 is 1.04 bits per heavy atom. The van der Waals surface area contributed by atoms with E-state index in [1.165, 1.54) is 5.56 Å². The number of carbonyl (C=O) groups is 3. The first-order chi connectivity index (χ1) is 11.9. The van der Waals surface area contributed by atoms with Crippen LogP contribution in [0.2, 0.25) is 0 Å². The van der Waals surface area contributed by atoms with Crippen LogP contribution in [0.3, 0.4) is 0 Å². The molecule has 0 aliphatic carbocycles. The van der Waals surface area contributed by atoms with E-state index in [9.17, 15) is 14.4 Å². The van der Waals surface area contributed by atoms with Crippen molar-refractivity contribution >= 4 is 17.7 Å². The minimum absolute atomic E-state index is 0.0326. The van der Waals surface area contributed by atoms with Gasteiger partial charge in [-0.2, -0.15) is 0 Å². The van der Waals surface area contributed by atoms with Crippen LogP contribution in [-0.2, 0) is 20.8 Å². The summed E-state index contributed by atoms with van der Waals surface area (Å²) < 4.78 is 0. The fraction of sp³-hybridized carbons (Fsp3) is 0.526. The second kappa shape index (κ2) is 7.25. The first kappa shape index (κ1) is 17.5. The van der Waals surface area contributed by atoms with Crippen molar-refractivity contribution in [2.75, 3.05) is 39.8 Å². The minimum Gasteiger partial charge on any atom is -0.345 e. The number of aryl methyl sites for hydroxylation is 1. The lowest BCUT2D eigenvalue weighted by molar-refractivity contribution is -0.141. The molecule has 2 aliphatic rings. The van der Waals surface area contributed by atoms with Crippen molar-refractivity contribution in [1.29, 1.82) is 0 Å². The van der Waals surface area contributed by atoms with Gasteiger partial charge in [-0.15, -0.1) is 0 Å². The molecule has 134 valence electrons. The minimum atomic E-state index is -0.229. The molecular formula is C19H25N3O3. The van der Waals surface area contributed by atoms with E-state index < -0.39 is 0 Å². The van der Waals surface area contributed by atoms with Gasteiger partial charge in [-0.3, -0.25) is 14.4 Å². The number of piperazine rings is 1. The van der Waals surface area contributed by atoms with E-state index >= 15 is 0 Å². The van der Waals surface area contributed by atoms with Crippen LogP contribution in [0.4, 0.5) is 0 Å². The number of nitrogens with zero attached hydrogens (tertiary/aromatic N) is 3. The molecule has 0 N–H and O–H groups in total. The maximum absolute atomic E-state index is 12.5. The fourth-order valence-electron chi connectivity index (χ4n) is 3.46. The van der Waals surface area contributed by atoms with Gasteiger partial charge in [0, 0.05) is 46.2 Å². The van der Waals surface area contributed by atoms with Gasteiger partial charge < -0.3 is 14.7 Å². The third kappa shape index (κ3) is 4.00. The van der Waals surface area contributed by atoms with Crippen LogP contribution in [0.25, 0.3) is 0 Å². The van der Waals surface area contributed by atoms with Gasteiger partial charge in [0.2, 0.25) is 17.7 Å². The zero-order chi connectivity index (χ0) is 18.0. The summed E-state index contributed by atoms with van der Waals surface area (Å²) in [5, 5.41) is 0. The summed E-state index contributed by atoms with van der Waals surface area (Å²) in [6.45, 7) is 4.75. The molecule has 6 nitrogen and oxygen atoms in total. The van der Waals surface area contributed by atoms with E-state index in [2.05, 4.69) is 0 Å². The molecule has 0 aromatic heterocycles. The van der Waals surface area contributed by atoms with Crippen molar-refractivity contribution in [2.45, 2.75) is 19.8 Å². The van der Waals surface area contributed by atoms with Gasteiger partial charge in [-0.1, -0.05) is 29.8 Å². The van der Waals surface area contributed by atoms with Crippen LogP contribution in [0.1, 0.15) is 17.5 Å². The van der Waals surface area contributed by atoms with E-state index in [4.69, 9.17) is 0 Å². The normalized spacial score (nSPS) is 21.0. The summed E-state index contributed by atoms with van der Waals surface area (Å²) in [6.07, 6.45) is 0.706. The summed E-state index contributed by atoms with van der Waals surface area (Å²) in [5.74, 6) is -0.0485. The zero-order valence-electron chi connectivity index (χ0n) is 14.9. The van der Waals surface area contributed by atoms with Crippen molar-refractivity contribution < 1.29 is 14.4 Å². The lowest BCUT2D eigenvalue weighted by Crippen LogP contribution is -2.52. The highest BCUT2D eigenvalue weighted by molar-refractivity contribution is 5.89. The number of hydrogen-bond donors (Lipinski definition) is 0. The fourth-order valence-corrected chi connectivity index (χ4v) is 3.46. The highest BCUT2D eigenvalue weighted by Crippen LogP contribution is 2.19. The molecule has 2 fully saturated rings. The molecule has 3 rings (SSSR count). The molecule has 2 heterocycles. The highest BCUT2D eigenvalue weighted by Gasteiger charge is 2.36. The Kier molecular flexibility index (Phi) is 5.06. The van der Waals surface area contributed by atoms with Crippen LogP contribution >= 0.6 is 0 Å². The molecule has 1 aromatic carbocycles. The first-order valence-corrected chi connectivity index (χ1v) is 8.80. The smallest absolute Gasteiger partial charge is 0.228 e. The number of amides is 3. The molecule has 1 unspecified atom stereocenters. The Morgan fingerprint density at radius 3 is 2.20 bits per heavy atom. The van der Waals surface area contributed by atoms with Crippen molar-refractivity contribution in [3.05, 3.63) is 35.4 Å². The second-order valence-corrected chi connectivity index (χ2v) is 7.04. The summed E-state index contributed by atoms with van der Waals surface area (Å²) in [6, 6.07) is 8.00. The molecular weight excluding hydrogens is 318 g/mol. The van der Waals surface area contributed by atoms with Crippen molar-refractivity contribution in [3.8, 4) is 0 Å². The number of carbonyl (C=O) groups excluding carboxylic acids is 3. The van der Waals surface area contributed by atoms with E-state index in [0.717, 1.165) is 5.56 Å². The van der Waals surface area contributed by atoms with Gasteiger partial charge >= 0.3 is 0 Å². The van der Waals surface area contributed by atoms with Crippen LogP contribution in [0, 0.1) is 12.8 Å². The van der Waals surface area contributed by atoms with Crippen molar-refractivity contribution in [3.63, 3.8) is 0 Å². The van der Waals surface area contributed by atoms with E-state index in [1.54, 1.807) is 16.8 Å². The predicted octanol–water partition coefficient (Wildman–Crippen LogP) is 0.687. The van der Waals surface area contributed by atoms with E-state index in [-0.39, 0.29) is 23.6 Å². The van der Waals surface area contributed by atoms with Gasteiger partial charge in [0.05, 0.1) is 12.3 Å². The van der Waals surface area contributed by atoms with Crippen LogP contribution < -0.4 is 0 Å². The Balaban J connectivity index is 1.49. The molecule has 2 aliphatic heterocycles. The third-order valence-corrected chi connectivity index (χ3v) is 5.11. The van der Waals surface area contributed by atoms with Crippen LogP contribution in [0.5, 0.6) is 0 Å².